The molecule has 1 N–H and O–H groups in total. The molecule has 1 fully saturated rings. The lowest BCUT2D eigenvalue weighted by Gasteiger charge is -2.33. The van der Waals surface area contributed by atoms with E-state index in [0.29, 0.717) is 35.2 Å². The number of nitrogens with zero attached hydrogens (tertiary/aromatic N) is 2. The molecule has 10 heteroatoms. The molecular weight excluding hydrogens is 454 g/mol. The number of hydroxylamine groups is 2. The molecule has 2 aliphatic heterocycles. The van der Waals surface area contributed by atoms with Crippen molar-refractivity contribution in [1.82, 2.24) is 15.3 Å². The van der Waals surface area contributed by atoms with Crippen LogP contribution in [0.3, 0.4) is 0 Å². The first-order valence-corrected chi connectivity index (χ1v) is 11.3. The fourth-order valence-corrected chi connectivity index (χ4v) is 4.22. The van der Waals surface area contributed by atoms with Crippen LogP contribution in [0.25, 0.3) is 0 Å². The van der Waals surface area contributed by atoms with Crippen LogP contribution in [0.4, 0.5) is 0 Å². The van der Waals surface area contributed by atoms with Gasteiger partial charge in [0.05, 0.1) is 13.2 Å². The zero-order valence-corrected chi connectivity index (χ0v) is 19.4. The largest absolute Gasteiger partial charge is 0.489 e. The summed E-state index contributed by atoms with van der Waals surface area (Å²) < 4.78 is 11.1. The predicted molar refractivity (Wildman–Crippen MR) is 123 cm³/mol. The van der Waals surface area contributed by atoms with Gasteiger partial charge in [-0.1, -0.05) is 30.3 Å². The van der Waals surface area contributed by atoms with Gasteiger partial charge >= 0.3 is 6.47 Å². The second-order valence-electron chi connectivity index (χ2n) is 8.27. The summed E-state index contributed by atoms with van der Waals surface area (Å²) in [5.41, 5.74) is 3.26. The van der Waals surface area contributed by atoms with E-state index in [1.165, 1.54) is 4.90 Å². The summed E-state index contributed by atoms with van der Waals surface area (Å²) in [6.45, 7) is 2.69. The van der Waals surface area contributed by atoms with Crippen LogP contribution in [0.15, 0.2) is 42.5 Å². The lowest BCUT2D eigenvalue weighted by molar-refractivity contribution is -0.200. The Morgan fingerprint density at radius 1 is 1.09 bits per heavy atom. The maximum absolute atomic E-state index is 13.1. The van der Waals surface area contributed by atoms with Crippen LogP contribution in [-0.4, -0.2) is 60.5 Å². The van der Waals surface area contributed by atoms with Crippen LogP contribution in [0.2, 0.25) is 0 Å². The van der Waals surface area contributed by atoms with Gasteiger partial charge in [0.1, 0.15) is 18.4 Å². The van der Waals surface area contributed by atoms with E-state index in [-0.39, 0.29) is 31.8 Å². The van der Waals surface area contributed by atoms with Gasteiger partial charge in [-0.25, -0.2) is 0 Å². The highest BCUT2D eigenvalue weighted by molar-refractivity contribution is 6.05. The molecule has 0 saturated carbocycles. The van der Waals surface area contributed by atoms with Gasteiger partial charge in [0, 0.05) is 37.7 Å². The third kappa shape index (κ3) is 5.33. The van der Waals surface area contributed by atoms with Crippen molar-refractivity contribution in [2.24, 2.45) is 0 Å². The number of methoxy groups -OCH3 is 1. The molecule has 0 aliphatic carbocycles. The Labute approximate surface area is 202 Å². The zero-order chi connectivity index (χ0) is 24.8. The minimum atomic E-state index is -0.898. The summed E-state index contributed by atoms with van der Waals surface area (Å²) in [6, 6.07) is 12.4. The van der Waals surface area contributed by atoms with Crippen molar-refractivity contribution in [3.8, 4) is 5.75 Å². The smallest absolute Gasteiger partial charge is 0.321 e. The Bertz CT molecular complexity index is 1100. The maximum Gasteiger partial charge on any atom is 0.321 e. The number of benzene rings is 2. The molecule has 2 aliphatic rings. The van der Waals surface area contributed by atoms with Crippen molar-refractivity contribution in [2.75, 3.05) is 20.3 Å². The number of fused-ring (bicyclic) bond motifs is 1. The van der Waals surface area contributed by atoms with E-state index >= 15 is 0 Å². The fraction of sp³-hybridized carbons (Fsp3) is 0.360. The van der Waals surface area contributed by atoms with Crippen molar-refractivity contribution < 1.29 is 33.5 Å². The van der Waals surface area contributed by atoms with E-state index in [1.54, 1.807) is 25.3 Å². The van der Waals surface area contributed by atoms with E-state index in [2.05, 4.69) is 10.2 Å². The third-order valence-electron chi connectivity index (χ3n) is 6.05. The van der Waals surface area contributed by atoms with Gasteiger partial charge in [-0.2, -0.15) is 0 Å². The molecule has 1 atom stereocenters. The second kappa shape index (κ2) is 11.1. The Balaban J connectivity index is 1.41. The van der Waals surface area contributed by atoms with Gasteiger partial charge in [-0.05, 0) is 29.7 Å². The molecule has 0 bridgehead atoms. The van der Waals surface area contributed by atoms with Crippen molar-refractivity contribution in [3.63, 3.8) is 0 Å². The molecule has 184 valence electrons. The number of hydrogen-bond acceptors (Lipinski definition) is 8. The molecule has 35 heavy (non-hydrogen) atoms. The summed E-state index contributed by atoms with van der Waals surface area (Å²) in [5, 5.41) is 3.73. The molecule has 2 aromatic rings. The van der Waals surface area contributed by atoms with E-state index in [9.17, 15) is 19.2 Å². The molecule has 2 heterocycles. The van der Waals surface area contributed by atoms with E-state index < -0.39 is 17.9 Å². The van der Waals surface area contributed by atoms with Crippen LogP contribution in [-0.2, 0) is 43.7 Å². The molecule has 2 aromatic carbocycles. The molecule has 0 spiro atoms. The summed E-state index contributed by atoms with van der Waals surface area (Å²) in [5.74, 6) is -1.10. The second-order valence-corrected chi connectivity index (χ2v) is 8.27. The number of imide groups is 1. The third-order valence-corrected chi connectivity index (χ3v) is 6.05. The van der Waals surface area contributed by atoms with Gasteiger partial charge in [0.25, 0.3) is 17.7 Å². The Morgan fingerprint density at radius 2 is 1.86 bits per heavy atom. The molecular formula is C25H27N3O7. The Morgan fingerprint density at radius 3 is 2.60 bits per heavy atom. The highest BCUT2D eigenvalue weighted by Crippen LogP contribution is 2.34. The quantitative estimate of drug-likeness (QED) is 0.292. The Kier molecular flexibility index (Phi) is 7.74. The van der Waals surface area contributed by atoms with E-state index in [1.807, 2.05) is 24.3 Å². The molecule has 1 saturated heterocycles. The van der Waals surface area contributed by atoms with Gasteiger partial charge in [-0.15, -0.1) is 5.06 Å². The summed E-state index contributed by atoms with van der Waals surface area (Å²) in [4.78, 5) is 54.3. The first kappa shape index (κ1) is 24.4. The number of amides is 3. The van der Waals surface area contributed by atoms with Gasteiger partial charge in [-0.3, -0.25) is 19.2 Å². The molecule has 1 unspecified atom stereocenters. The average molecular weight is 482 g/mol. The Hall–Kier alpha value is -3.76. The van der Waals surface area contributed by atoms with Crippen LogP contribution in [0, 0.1) is 0 Å². The standard InChI is InChI=1S/C25H27N3O7/c1-33-12-11-26-13-17-5-7-18(8-6-17)15-34-22-4-2-3-19-20(22)14-27(24(19)31)21-9-10-23(30)28(25(21)32)35-16-29/h2-8,16,21,26H,9-15H2,1H3. The van der Waals surface area contributed by atoms with Crippen molar-refractivity contribution >= 4 is 24.2 Å². The van der Waals surface area contributed by atoms with Gasteiger partial charge < -0.3 is 24.5 Å². The first-order chi connectivity index (χ1) is 17.0. The topological polar surface area (TPSA) is 114 Å². The molecule has 0 radical (unpaired) electrons. The van der Waals surface area contributed by atoms with Crippen LogP contribution in [0.5, 0.6) is 5.75 Å². The van der Waals surface area contributed by atoms with Crippen molar-refractivity contribution in [3.05, 3.63) is 64.7 Å². The van der Waals surface area contributed by atoms with Crippen LogP contribution >= 0.6 is 0 Å². The zero-order valence-electron chi connectivity index (χ0n) is 19.4. The summed E-state index contributed by atoms with van der Waals surface area (Å²) in [7, 11) is 1.67. The monoisotopic (exact) mass is 481 g/mol. The molecule has 10 nitrogen and oxygen atoms in total. The summed E-state index contributed by atoms with van der Waals surface area (Å²) >= 11 is 0. The lowest BCUT2D eigenvalue weighted by Crippen LogP contribution is -2.54. The number of carbonyl (C=O) groups excluding carboxylic acids is 4. The van der Waals surface area contributed by atoms with Crippen molar-refractivity contribution in [1.29, 1.82) is 0 Å². The van der Waals surface area contributed by atoms with E-state index in [0.717, 1.165) is 24.2 Å². The minimum absolute atomic E-state index is 0.00831. The van der Waals surface area contributed by atoms with Crippen LogP contribution in [0.1, 0.15) is 39.9 Å². The first-order valence-electron chi connectivity index (χ1n) is 11.3. The number of ether oxygens (including phenoxy) is 2. The number of nitrogens with one attached hydrogen (secondary N) is 1. The normalized spacial score (nSPS) is 17.5. The number of piperidine rings is 1. The molecule has 3 amide bonds. The fourth-order valence-electron chi connectivity index (χ4n) is 4.22. The van der Waals surface area contributed by atoms with Gasteiger partial charge in [0.2, 0.25) is 0 Å². The minimum Gasteiger partial charge on any atom is -0.489 e. The van der Waals surface area contributed by atoms with Crippen LogP contribution < -0.4 is 10.1 Å². The van der Waals surface area contributed by atoms with Gasteiger partial charge in [0.15, 0.2) is 0 Å². The highest BCUT2D eigenvalue weighted by atomic mass is 16.7. The number of rotatable bonds is 11. The lowest BCUT2D eigenvalue weighted by atomic mass is 10.0. The average Bonchev–Trinajstić information content (AvgIpc) is 3.20. The molecule has 4 rings (SSSR count). The van der Waals surface area contributed by atoms with Crippen molar-refractivity contribution in [2.45, 2.75) is 38.6 Å². The molecule has 0 aromatic heterocycles. The predicted octanol–water partition coefficient (Wildman–Crippen LogP) is 1.56. The highest BCUT2D eigenvalue weighted by Gasteiger charge is 2.44. The summed E-state index contributed by atoms with van der Waals surface area (Å²) in [6.07, 6.45) is 0.157. The van der Waals surface area contributed by atoms with E-state index in [4.69, 9.17) is 9.47 Å². The number of carbonyl (C=O) groups is 4. The SMILES string of the molecule is COCCNCc1ccc(COc2cccc3c2CN(C2CCC(=O)N(OC=O)C2=O)C3=O)cc1. The number of hydrogen-bond donors (Lipinski definition) is 1. The maximum atomic E-state index is 13.1.